The molecular formula is C15H16FN3O2. The molecule has 21 heavy (non-hydrogen) atoms. The van der Waals surface area contributed by atoms with Gasteiger partial charge < -0.3 is 14.2 Å². The van der Waals surface area contributed by atoms with Crippen molar-refractivity contribution in [3.05, 3.63) is 36.3 Å². The highest BCUT2D eigenvalue weighted by Crippen LogP contribution is 2.26. The van der Waals surface area contributed by atoms with Crippen LogP contribution in [0.2, 0.25) is 0 Å². The number of aromatic nitrogens is 1. The van der Waals surface area contributed by atoms with Crippen LogP contribution in [0.4, 0.5) is 10.4 Å². The molecule has 5 nitrogen and oxygen atoms in total. The van der Waals surface area contributed by atoms with Crippen molar-refractivity contribution in [2.45, 2.75) is 6.92 Å². The predicted molar refractivity (Wildman–Crippen MR) is 76.4 cm³/mol. The first-order valence-electron chi connectivity index (χ1n) is 6.86. The zero-order chi connectivity index (χ0) is 14.8. The third-order valence-electron chi connectivity index (χ3n) is 3.63. The highest BCUT2D eigenvalue weighted by Gasteiger charge is 2.22. The Labute approximate surface area is 122 Å². The number of carbonyl (C=O) groups excluding carboxylic acids is 1. The first kappa shape index (κ1) is 13.6. The van der Waals surface area contributed by atoms with Crippen molar-refractivity contribution < 1.29 is 13.6 Å². The van der Waals surface area contributed by atoms with Gasteiger partial charge in [0, 0.05) is 33.1 Å². The number of oxazole rings is 1. The molecule has 0 unspecified atom stereocenters. The molecule has 0 bridgehead atoms. The van der Waals surface area contributed by atoms with Crippen LogP contribution in [0, 0.1) is 5.82 Å². The SMILES string of the molecule is CC(=O)N1CCN(c2ncc(-c3ccccc3F)o2)CC1. The first-order valence-corrected chi connectivity index (χ1v) is 6.86. The lowest BCUT2D eigenvalue weighted by molar-refractivity contribution is -0.129. The summed E-state index contributed by atoms with van der Waals surface area (Å²) in [6.45, 7) is 4.18. The molecule has 110 valence electrons. The zero-order valence-electron chi connectivity index (χ0n) is 11.8. The number of hydrogen-bond acceptors (Lipinski definition) is 4. The number of piperazine rings is 1. The Morgan fingerprint density at radius 1 is 1.24 bits per heavy atom. The Kier molecular flexibility index (Phi) is 3.60. The normalized spacial score (nSPS) is 15.3. The molecule has 1 fully saturated rings. The van der Waals surface area contributed by atoms with Crippen LogP contribution in [0.25, 0.3) is 11.3 Å². The lowest BCUT2D eigenvalue weighted by Gasteiger charge is -2.33. The lowest BCUT2D eigenvalue weighted by atomic mass is 10.2. The van der Waals surface area contributed by atoms with E-state index in [4.69, 9.17) is 4.42 Å². The quantitative estimate of drug-likeness (QED) is 0.850. The molecule has 1 amide bonds. The molecule has 1 aliphatic heterocycles. The lowest BCUT2D eigenvalue weighted by Crippen LogP contribution is -2.48. The van der Waals surface area contributed by atoms with Crippen LogP contribution < -0.4 is 4.90 Å². The Hall–Kier alpha value is -2.37. The smallest absolute Gasteiger partial charge is 0.297 e. The molecule has 0 spiro atoms. The average molecular weight is 289 g/mol. The van der Waals surface area contributed by atoms with E-state index in [2.05, 4.69) is 4.98 Å². The molecule has 1 saturated heterocycles. The third kappa shape index (κ3) is 2.74. The molecule has 0 saturated carbocycles. The molecule has 1 aromatic carbocycles. The predicted octanol–water partition coefficient (Wildman–Crippen LogP) is 2.15. The molecule has 0 atom stereocenters. The second kappa shape index (κ2) is 5.55. The van der Waals surface area contributed by atoms with Crippen LogP contribution in [0.3, 0.4) is 0 Å². The van der Waals surface area contributed by atoms with E-state index in [1.807, 2.05) is 4.90 Å². The number of anilines is 1. The van der Waals surface area contributed by atoms with Crippen molar-refractivity contribution in [2.24, 2.45) is 0 Å². The van der Waals surface area contributed by atoms with Gasteiger partial charge in [-0.05, 0) is 12.1 Å². The van der Waals surface area contributed by atoms with Gasteiger partial charge in [0.2, 0.25) is 5.91 Å². The fourth-order valence-corrected chi connectivity index (χ4v) is 2.41. The summed E-state index contributed by atoms with van der Waals surface area (Å²) in [4.78, 5) is 19.3. The molecular weight excluding hydrogens is 273 g/mol. The van der Waals surface area contributed by atoms with Gasteiger partial charge in [-0.1, -0.05) is 12.1 Å². The van der Waals surface area contributed by atoms with Crippen molar-refractivity contribution in [1.29, 1.82) is 0 Å². The van der Waals surface area contributed by atoms with Crippen LogP contribution in [-0.4, -0.2) is 42.0 Å². The summed E-state index contributed by atoms with van der Waals surface area (Å²) in [5.41, 5.74) is 0.402. The summed E-state index contributed by atoms with van der Waals surface area (Å²) in [5.74, 6) is 0.160. The van der Waals surface area contributed by atoms with Gasteiger partial charge in [0.15, 0.2) is 5.76 Å². The van der Waals surface area contributed by atoms with E-state index < -0.39 is 0 Å². The van der Waals surface area contributed by atoms with Gasteiger partial charge in [-0.2, -0.15) is 0 Å². The third-order valence-corrected chi connectivity index (χ3v) is 3.63. The maximum absolute atomic E-state index is 13.7. The molecule has 1 aromatic heterocycles. The number of carbonyl (C=O) groups is 1. The number of nitrogens with zero attached hydrogens (tertiary/aromatic N) is 3. The number of amides is 1. The largest absolute Gasteiger partial charge is 0.423 e. The zero-order valence-corrected chi connectivity index (χ0v) is 11.8. The van der Waals surface area contributed by atoms with Gasteiger partial charge in [0.1, 0.15) is 5.82 Å². The number of rotatable bonds is 2. The fourth-order valence-electron chi connectivity index (χ4n) is 2.41. The van der Waals surface area contributed by atoms with Crippen molar-refractivity contribution in [3.63, 3.8) is 0 Å². The minimum atomic E-state index is -0.332. The maximum Gasteiger partial charge on any atom is 0.297 e. The number of hydrogen-bond donors (Lipinski definition) is 0. The van der Waals surface area contributed by atoms with Gasteiger partial charge in [-0.15, -0.1) is 0 Å². The van der Waals surface area contributed by atoms with Crippen LogP contribution in [-0.2, 0) is 4.79 Å². The second-order valence-corrected chi connectivity index (χ2v) is 4.98. The monoisotopic (exact) mass is 289 g/mol. The topological polar surface area (TPSA) is 49.6 Å². The van der Waals surface area contributed by atoms with E-state index in [9.17, 15) is 9.18 Å². The first-order chi connectivity index (χ1) is 10.1. The molecule has 2 heterocycles. The van der Waals surface area contributed by atoms with Crippen molar-refractivity contribution >= 4 is 11.9 Å². The Bertz CT molecular complexity index is 648. The van der Waals surface area contributed by atoms with E-state index in [-0.39, 0.29) is 11.7 Å². The van der Waals surface area contributed by atoms with E-state index >= 15 is 0 Å². The van der Waals surface area contributed by atoms with Gasteiger partial charge >= 0.3 is 0 Å². The fraction of sp³-hybridized carbons (Fsp3) is 0.333. The summed E-state index contributed by atoms with van der Waals surface area (Å²) in [7, 11) is 0. The molecule has 0 aliphatic carbocycles. The van der Waals surface area contributed by atoms with Crippen molar-refractivity contribution in [3.8, 4) is 11.3 Å². The van der Waals surface area contributed by atoms with E-state index in [1.165, 1.54) is 12.3 Å². The Balaban J connectivity index is 1.74. The standard InChI is InChI=1S/C15H16FN3O2/c1-11(20)18-6-8-19(9-7-18)15-17-10-14(21-15)12-4-2-3-5-13(12)16/h2-5,10H,6-9H2,1H3. The highest BCUT2D eigenvalue weighted by molar-refractivity contribution is 5.73. The highest BCUT2D eigenvalue weighted by atomic mass is 19.1. The van der Waals surface area contributed by atoms with Crippen LogP contribution in [0.1, 0.15) is 6.92 Å². The van der Waals surface area contributed by atoms with Gasteiger partial charge in [-0.3, -0.25) is 4.79 Å². The van der Waals surface area contributed by atoms with E-state index in [0.29, 0.717) is 43.5 Å². The molecule has 0 radical (unpaired) electrons. The average Bonchev–Trinajstić information content (AvgIpc) is 2.97. The summed E-state index contributed by atoms with van der Waals surface area (Å²) in [6.07, 6.45) is 1.53. The summed E-state index contributed by atoms with van der Waals surface area (Å²) >= 11 is 0. The minimum Gasteiger partial charge on any atom is -0.423 e. The Morgan fingerprint density at radius 2 is 1.95 bits per heavy atom. The summed E-state index contributed by atoms with van der Waals surface area (Å²) in [6, 6.07) is 6.91. The number of benzene rings is 1. The molecule has 6 heteroatoms. The van der Waals surface area contributed by atoms with Gasteiger partial charge in [0.05, 0.1) is 11.8 Å². The summed E-state index contributed by atoms with van der Waals surface area (Å²) < 4.78 is 19.4. The van der Waals surface area contributed by atoms with E-state index in [0.717, 1.165) is 0 Å². The van der Waals surface area contributed by atoms with E-state index in [1.54, 1.807) is 30.0 Å². The molecule has 3 rings (SSSR count). The van der Waals surface area contributed by atoms with Crippen LogP contribution >= 0.6 is 0 Å². The number of halogens is 1. The second-order valence-electron chi connectivity index (χ2n) is 4.98. The molecule has 1 aliphatic rings. The maximum atomic E-state index is 13.7. The Morgan fingerprint density at radius 3 is 2.62 bits per heavy atom. The van der Waals surface area contributed by atoms with Crippen molar-refractivity contribution in [2.75, 3.05) is 31.1 Å². The summed E-state index contributed by atoms with van der Waals surface area (Å²) in [5, 5.41) is 0. The van der Waals surface area contributed by atoms with Crippen LogP contribution in [0.15, 0.2) is 34.9 Å². The van der Waals surface area contributed by atoms with Gasteiger partial charge in [0.25, 0.3) is 6.01 Å². The van der Waals surface area contributed by atoms with Gasteiger partial charge in [-0.25, -0.2) is 9.37 Å². The molecule has 0 N–H and O–H groups in total. The minimum absolute atomic E-state index is 0.0779. The van der Waals surface area contributed by atoms with Crippen molar-refractivity contribution in [1.82, 2.24) is 9.88 Å². The van der Waals surface area contributed by atoms with Crippen LogP contribution in [0.5, 0.6) is 0 Å². The molecule has 2 aromatic rings.